The van der Waals surface area contributed by atoms with Gasteiger partial charge in [0.15, 0.2) is 0 Å². The van der Waals surface area contributed by atoms with Gasteiger partial charge in [-0.2, -0.15) is 0 Å². The van der Waals surface area contributed by atoms with Gasteiger partial charge in [-0.3, -0.25) is 9.36 Å². The van der Waals surface area contributed by atoms with Crippen LogP contribution in [-0.4, -0.2) is 33.1 Å². The predicted molar refractivity (Wildman–Crippen MR) is 55.6 cm³/mol. The first-order chi connectivity index (χ1) is 6.83. The molecule has 0 saturated carbocycles. The molecule has 0 fully saturated rings. The van der Waals surface area contributed by atoms with Gasteiger partial charge in [-0.05, 0) is 12.8 Å². The van der Waals surface area contributed by atoms with Crippen LogP contribution in [0.5, 0.6) is 0 Å². The summed E-state index contributed by atoms with van der Waals surface area (Å²) in [5, 5.41) is 8.46. The van der Waals surface area contributed by atoms with E-state index < -0.39 is 19.6 Å². The lowest BCUT2D eigenvalue weighted by atomic mass is 10.1. The van der Waals surface area contributed by atoms with Gasteiger partial charge >= 0.3 is 13.6 Å². The van der Waals surface area contributed by atoms with E-state index in [2.05, 4.69) is 0 Å². The zero-order chi connectivity index (χ0) is 11.9. The molecule has 5 N–H and O–H groups in total. The van der Waals surface area contributed by atoms with Crippen LogP contribution in [0.25, 0.3) is 0 Å². The van der Waals surface area contributed by atoms with Crippen molar-refractivity contribution in [2.45, 2.75) is 38.1 Å². The van der Waals surface area contributed by atoms with Gasteiger partial charge in [-0.1, -0.05) is 19.3 Å². The lowest BCUT2D eigenvalue weighted by Gasteiger charge is -2.06. The van der Waals surface area contributed by atoms with Crippen molar-refractivity contribution in [2.24, 2.45) is 5.73 Å². The smallest absolute Gasteiger partial charge is 0.325 e. The maximum Gasteiger partial charge on any atom is 0.325 e. The number of hydrogen-bond acceptors (Lipinski definition) is 3. The topological polar surface area (TPSA) is 121 Å². The van der Waals surface area contributed by atoms with E-state index in [4.69, 9.17) is 20.6 Å². The number of aliphatic carboxylic acids is 1. The minimum absolute atomic E-state index is 0.0992. The first kappa shape index (κ1) is 14.6. The van der Waals surface area contributed by atoms with E-state index in [9.17, 15) is 9.36 Å². The largest absolute Gasteiger partial charge is 0.480 e. The molecule has 90 valence electrons. The van der Waals surface area contributed by atoms with Gasteiger partial charge in [0, 0.05) is 6.16 Å². The van der Waals surface area contributed by atoms with Crippen molar-refractivity contribution < 1.29 is 24.3 Å². The van der Waals surface area contributed by atoms with Crippen LogP contribution >= 0.6 is 7.60 Å². The molecule has 0 aliphatic carbocycles. The number of carboxylic acid groups (broad SMARTS) is 1. The molecule has 0 unspecified atom stereocenters. The average Bonchev–Trinajstić information content (AvgIpc) is 2.08. The Balaban J connectivity index is 3.33. The third kappa shape index (κ3) is 9.87. The third-order valence-corrected chi connectivity index (χ3v) is 2.93. The molecule has 0 amide bonds. The summed E-state index contributed by atoms with van der Waals surface area (Å²) in [6, 6.07) is -0.827. The molecule has 0 aliphatic rings. The van der Waals surface area contributed by atoms with Crippen LogP contribution in [0.4, 0.5) is 0 Å². The van der Waals surface area contributed by atoms with Crippen LogP contribution in [0.15, 0.2) is 0 Å². The summed E-state index contributed by atoms with van der Waals surface area (Å²) in [6.45, 7) is 0. The maximum absolute atomic E-state index is 10.5. The Labute approximate surface area is 88.6 Å². The quantitative estimate of drug-likeness (QED) is 0.362. The number of nitrogens with two attached hydrogens (primary N) is 1. The van der Waals surface area contributed by atoms with E-state index in [1.807, 2.05) is 0 Å². The first-order valence-electron chi connectivity index (χ1n) is 4.86. The zero-order valence-electron chi connectivity index (χ0n) is 8.50. The fraction of sp³-hybridized carbons (Fsp3) is 0.875. The molecule has 0 radical (unpaired) electrons. The Morgan fingerprint density at radius 3 is 2.20 bits per heavy atom. The number of rotatable bonds is 8. The van der Waals surface area contributed by atoms with Crippen molar-refractivity contribution >= 4 is 13.6 Å². The minimum atomic E-state index is -3.87. The molecule has 0 aromatic carbocycles. The monoisotopic (exact) mass is 239 g/mol. The van der Waals surface area contributed by atoms with Gasteiger partial charge in [-0.15, -0.1) is 0 Å². The van der Waals surface area contributed by atoms with Crippen LogP contribution in [0.3, 0.4) is 0 Å². The lowest BCUT2D eigenvalue weighted by molar-refractivity contribution is -0.138. The number of hydrogen-bond donors (Lipinski definition) is 4. The number of carboxylic acids is 1. The normalized spacial score (nSPS) is 13.8. The SMILES string of the molecule is N[C@@H](CCCCCCP(=O)(O)O)C(=O)O. The summed E-state index contributed by atoms with van der Waals surface area (Å²) in [6.07, 6.45) is 2.89. The highest BCUT2D eigenvalue weighted by molar-refractivity contribution is 7.51. The van der Waals surface area contributed by atoms with Gasteiger partial charge in [0.1, 0.15) is 6.04 Å². The average molecular weight is 239 g/mol. The summed E-state index contributed by atoms with van der Waals surface area (Å²) >= 11 is 0. The lowest BCUT2D eigenvalue weighted by Crippen LogP contribution is -2.29. The van der Waals surface area contributed by atoms with Gasteiger partial charge in [0.05, 0.1) is 0 Å². The van der Waals surface area contributed by atoms with Crippen molar-refractivity contribution in [1.29, 1.82) is 0 Å². The van der Waals surface area contributed by atoms with Gasteiger partial charge in [0.25, 0.3) is 0 Å². The first-order valence-corrected chi connectivity index (χ1v) is 6.65. The Morgan fingerprint density at radius 2 is 1.73 bits per heavy atom. The number of carbonyl (C=O) groups is 1. The van der Waals surface area contributed by atoms with Crippen LogP contribution < -0.4 is 5.73 Å². The molecular formula is C8H18NO5P. The van der Waals surface area contributed by atoms with Crippen LogP contribution in [0.1, 0.15) is 32.1 Å². The summed E-state index contributed by atoms with van der Waals surface area (Å²) in [4.78, 5) is 27.4. The molecule has 0 bridgehead atoms. The summed E-state index contributed by atoms with van der Waals surface area (Å²) in [5.74, 6) is -1.01. The van der Waals surface area contributed by atoms with E-state index in [0.29, 0.717) is 25.7 Å². The maximum atomic E-state index is 10.5. The third-order valence-electron chi connectivity index (χ3n) is 2.03. The molecule has 1 atom stereocenters. The molecule has 0 rings (SSSR count). The molecule has 0 aliphatic heterocycles. The van der Waals surface area contributed by atoms with Crippen molar-refractivity contribution in [3.8, 4) is 0 Å². The standard InChI is InChI=1S/C8H18NO5P/c9-7(8(10)11)5-3-1-2-4-6-15(12,13)14/h7H,1-6,9H2,(H,10,11)(H2,12,13,14)/t7-/m0/s1. The van der Waals surface area contributed by atoms with Crippen LogP contribution in [0, 0.1) is 0 Å². The van der Waals surface area contributed by atoms with Crippen molar-refractivity contribution in [1.82, 2.24) is 0 Å². The fourth-order valence-corrected chi connectivity index (χ4v) is 1.79. The Hall–Kier alpha value is -0.420. The highest BCUT2D eigenvalue weighted by Gasteiger charge is 2.12. The number of unbranched alkanes of at least 4 members (excludes halogenated alkanes) is 3. The van der Waals surface area contributed by atoms with Crippen LogP contribution in [0.2, 0.25) is 0 Å². The fourth-order valence-electron chi connectivity index (χ4n) is 1.16. The van der Waals surface area contributed by atoms with Crippen LogP contribution in [-0.2, 0) is 9.36 Å². The summed E-state index contributed by atoms with van der Waals surface area (Å²) in [5.41, 5.74) is 5.28. The molecule has 0 saturated heterocycles. The molecule has 0 aromatic rings. The van der Waals surface area contributed by atoms with E-state index in [1.54, 1.807) is 0 Å². The summed E-state index contributed by atoms with van der Waals surface area (Å²) < 4.78 is 10.5. The highest BCUT2D eigenvalue weighted by Crippen LogP contribution is 2.35. The molecule has 15 heavy (non-hydrogen) atoms. The molecule has 0 heterocycles. The molecular weight excluding hydrogens is 221 g/mol. The van der Waals surface area contributed by atoms with Gasteiger partial charge in [0.2, 0.25) is 0 Å². The van der Waals surface area contributed by atoms with Gasteiger partial charge < -0.3 is 20.6 Å². The minimum Gasteiger partial charge on any atom is -0.480 e. The Morgan fingerprint density at radius 1 is 1.20 bits per heavy atom. The van der Waals surface area contributed by atoms with E-state index in [0.717, 1.165) is 6.42 Å². The van der Waals surface area contributed by atoms with E-state index in [1.165, 1.54) is 0 Å². The van der Waals surface area contributed by atoms with Crippen molar-refractivity contribution in [2.75, 3.05) is 6.16 Å². The van der Waals surface area contributed by atoms with Crippen molar-refractivity contribution in [3.05, 3.63) is 0 Å². The van der Waals surface area contributed by atoms with Gasteiger partial charge in [-0.25, -0.2) is 0 Å². The van der Waals surface area contributed by atoms with Crippen molar-refractivity contribution in [3.63, 3.8) is 0 Å². The Kier molecular flexibility index (Phi) is 6.76. The van der Waals surface area contributed by atoms with E-state index >= 15 is 0 Å². The second kappa shape index (κ2) is 6.95. The highest BCUT2D eigenvalue weighted by atomic mass is 31.2. The molecule has 7 heteroatoms. The zero-order valence-corrected chi connectivity index (χ0v) is 9.40. The molecule has 0 aromatic heterocycles. The van der Waals surface area contributed by atoms with E-state index in [-0.39, 0.29) is 6.16 Å². The second-order valence-corrected chi connectivity index (χ2v) is 5.31. The second-order valence-electron chi connectivity index (χ2n) is 3.54. The Bertz CT molecular complexity index is 239. The molecule has 0 spiro atoms. The predicted octanol–water partition coefficient (Wildman–Crippen LogP) is 0.526. The summed E-state index contributed by atoms with van der Waals surface area (Å²) in [7, 11) is -3.87. The molecule has 6 nitrogen and oxygen atoms in total.